The number of carbonyl (C=O) groups excluding carboxylic acids is 2. The minimum atomic E-state index is -1.42. The van der Waals surface area contributed by atoms with E-state index in [0.29, 0.717) is 6.29 Å². The van der Waals surface area contributed by atoms with Crippen molar-refractivity contribution in [3.05, 3.63) is 0 Å². The minimum absolute atomic E-state index is 0.227. The van der Waals surface area contributed by atoms with E-state index >= 15 is 0 Å². The summed E-state index contributed by atoms with van der Waals surface area (Å²) in [5, 5.41) is 17.4. The lowest BCUT2D eigenvalue weighted by atomic mass is 9.88. The Morgan fingerprint density at radius 3 is 2.20 bits per heavy atom. The Labute approximate surface area is 58.5 Å². The largest absolute Gasteiger partial charge is 0.395 e. The van der Waals surface area contributed by atoms with E-state index in [1.54, 1.807) is 0 Å². The van der Waals surface area contributed by atoms with Gasteiger partial charge in [-0.2, -0.15) is 0 Å². The molecule has 0 aliphatic carbocycles. The van der Waals surface area contributed by atoms with Crippen LogP contribution in [0.5, 0.6) is 0 Å². The van der Waals surface area contributed by atoms with Gasteiger partial charge in [0.2, 0.25) is 0 Å². The molecule has 2 unspecified atom stereocenters. The minimum Gasteiger partial charge on any atom is -0.395 e. The van der Waals surface area contributed by atoms with Crippen LogP contribution in [-0.2, 0) is 9.59 Å². The normalized spacial score (nSPS) is 19.1. The molecule has 0 aromatic rings. The van der Waals surface area contributed by atoms with Crippen LogP contribution in [0, 0.1) is 5.41 Å². The van der Waals surface area contributed by atoms with Gasteiger partial charge >= 0.3 is 0 Å². The number of aldehydes is 2. The van der Waals surface area contributed by atoms with Crippen molar-refractivity contribution >= 4 is 12.6 Å². The molecule has 4 heteroatoms. The van der Waals surface area contributed by atoms with E-state index in [9.17, 15) is 9.59 Å². The summed E-state index contributed by atoms with van der Waals surface area (Å²) in [6.07, 6.45) is -0.827. The molecule has 0 radical (unpaired) electrons. The van der Waals surface area contributed by atoms with Gasteiger partial charge in [-0.3, -0.25) is 0 Å². The fourth-order valence-electron chi connectivity index (χ4n) is 0.356. The van der Waals surface area contributed by atoms with Crippen molar-refractivity contribution in [1.29, 1.82) is 0 Å². The average Bonchev–Trinajstić information content (AvgIpc) is 2.01. The van der Waals surface area contributed by atoms with Crippen molar-refractivity contribution in [1.82, 2.24) is 0 Å². The van der Waals surface area contributed by atoms with Gasteiger partial charge in [0.25, 0.3) is 0 Å². The standard InChI is InChI=1S/C6H10O4/c1-6(3-8,4-9)5(10)2-7/h2-3,5,9-10H,4H2,1H3. The van der Waals surface area contributed by atoms with Crippen molar-refractivity contribution < 1.29 is 19.8 Å². The number of hydrogen-bond acceptors (Lipinski definition) is 4. The molecule has 0 saturated heterocycles. The van der Waals surface area contributed by atoms with Crippen LogP contribution in [0.1, 0.15) is 6.92 Å². The Hall–Kier alpha value is -0.740. The highest BCUT2D eigenvalue weighted by molar-refractivity contribution is 5.70. The van der Waals surface area contributed by atoms with Crippen molar-refractivity contribution in [2.75, 3.05) is 6.61 Å². The molecule has 10 heavy (non-hydrogen) atoms. The molecular formula is C6H10O4. The first-order chi connectivity index (χ1) is 4.60. The van der Waals surface area contributed by atoms with E-state index < -0.39 is 18.1 Å². The summed E-state index contributed by atoms with van der Waals surface area (Å²) >= 11 is 0. The molecule has 0 aliphatic rings. The third-order valence-electron chi connectivity index (χ3n) is 1.41. The molecule has 0 spiro atoms. The van der Waals surface area contributed by atoms with Crippen molar-refractivity contribution in [2.24, 2.45) is 5.41 Å². The monoisotopic (exact) mass is 146 g/mol. The lowest BCUT2D eigenvalue weighted by molar-refractivity contribution is -0.133. The smallest absolute Gasteiger partial charge is 0.149 e. The molecule has 0 rings (SSSR count). The summed E-state index contributed by atoms with van der Waals surface area (Å²) in [4.78, 5) is 20.1. The lowest BCUT2D eigenvalue weighted by Gasteiger charge is -2.21. The Morgan fingerprint density at radius 2 is 2.10 bits per heavy atom. The highest BCUT2D eigenvalue weighted by atomic mass is 16.3. The zero-order valence-corrected chi connectivity index (χ0v) is 5.65. The predicted molar refractivity (Wildman–Crippen MR) is 33.3 cm³/mol. The van der Waals surface area contributed by atoms with Gasteiger partial charge in [0, 0.05) is 0 Å². The second-order valence-corrected chi connectivity index (χ2v) is 2.36. The average molecular weight is 146 g/mol. The van der Waals surface area contributed by atoms with Crippen LogP contribution in [0.25, 0.3) is 0 Å². The van der Waals surface area contributed by atoms with Gasteiger partial charge < -0.3 is 19.8 Å². The topological polar surface area (TPSA) is 74.6 Å². The van der Waals surface area contributed by atoms with Gasteiger partial charge in [-0.25, -0.2) is 0 Å². The van der Waals surface area contributed by atoms with Gasteiger partial charge in [-0.15, -0.1) is 0 Å². The highest BCUT2D eigenvalue weighted by Crippen LogP contribution is 2.15. The third-order valence-corrected chi connectivity index (χ3v) is 1.41. The number of aliphatic hydroxyl groups excluding tert-OH is 2. The van der Waals surface area contributed by atoms with Gasteiger partial charge in [0.1, 0.15) is 18.7 Å². The Balaban J connectivity index is 4.30. The summed E-state index contributed by atoms with van der Waals surface area (Å²) in [5.41, 5.74) is -1.35. The van der Waals surface area contributed by atoms with Crippen LogP contribution in [-0.4, -0.2) is 35.5 Å². The Kier molecular flexibility index (Phi) is 3.18. The summed E-state index contributed by atoms with van der Waals surface area (Å²) in [6.45, 7) is 0.773. The number of hydrogen-bond donors (Lipinski definition) is 2. The number of aliphatic hydroxyl groups is 2. The van der Waals surface area contributed by atoms with E-state index in [1.807, 2.05) is 0 Å². The summed E-state index contributed by atoms with van der Waals surface area (Å²) < 4.78 is 0. The molecule has 0 heterocycles. The van der Waals surface area contributed by atoms with Crippen LogP contribution < -0.4 is 0 Å². The molecule has 0 amide bonds. The molecule has 4 nitrogen and oxygen atoms in total. The van der Waals surface area contributed by atoms with Crippen molar-refractivity contribution in [3.63, 3.8) is 0 Å². The first-order valence-corrected chi connectivity index (χ1v) is 2.81. The fourth-order valence-corrected chi connectivity index (χ4v) is 0.356. The van der Waals surface area contributed by atoms with Gasteiger partial charge in [0.05, 0.1) is 12.0 Å². The summed E-state index contributed by atoms with van der Waals surface area (Å²) in [6, 6.07) is 0. The molecule has 0 bridgehead atoms. The van der Waals surface area contributed by atoms with E-state index in [-0.39, 0.29) is 6.29 Å². The van der Waals surface area contributed by atoms with Crippen LogP contribution in [0.15, 0.2) is 0 Å². The van der Waals surface area contributed by atoms with Crippen LogP contribution >= 0.6 is 0 Å². The number of carbonyl (C=O) groups is 2. The zero-order valence-electron chi connectivity index (χ0n) is 5.65. The molecule has 2 atom stereocenters. The first kappa shape index (κ1) is 9.26. The Bertz CT molecular complexity index is 134. The van der Waals surface area contributed by atoms with Gasteiger partial charge in [-0.1, -0.05) is 0 Å². The van der Waals surface area contributed by atoms with Crippen molar-refractivity contribution in [3.8, 4) is 0 Å². The Morgan fingerprint density at radius 1 is 1.60 bits per heavy atom. The second-order valence-electron chi connectivity index (χ2n) is 2.36. The van der Waals surface area contributed by atoms with Crippen LogP contribution in [0.3, 0.4) is 0 Å². The lowest BCUT2D eigenvalue weighted by Crippen LogP contribution is -2.38. The first-order valence-electron chi connectivity index (χ1n) is 2.81. The maximum Gasteiger partial charge on any atom is 0.149 e. The maximum absolute atomic E-state index is 10.2. The molecule has 0 saturated carbocycles. The zero-order chi connectivity index (χ0) is 8.20. The van der Waals surface area contributed by atoms with Crippen LogP contribution in [0.2, 0.25) is 0 Å². The summed E-state index contributed by atoms with van der Waals surface area (Å²) in [5.74, 6) is 0. The van der Waals surface area contributed by atoms with Gasteiger partial charge in [-0.05, 0) is 6.92 Å². The third kappa shape index (κ3) is 1.62. The van der Waals surface area contributed by atoms with Crippen LogP contribution in [0.4, 0.5) is 0 Å². The fraction of sp³-hybridized carbons (Fsp3) is 0.667. The molecule has 58 valence electrons. The molecular weight excluding hydrogens is 136 g/mol. The SMILES string of the molecule is CC(C=O)(CO)C(O)C=O. The van der Waals surface area contributed by atoms with Gasteiger partial charge in [0.15, 0.2) is 0 Å². The molecule has 0 aliphatic heterocycles. The molecule has 0 fully saturated rings. The van der Waals surface area contributed by atoms with E-state index in [1.165, 1.54) is 6.92 Å². The molecule has 0 aromatic carbocycles. The van der Waals surface area contributed by atoms with E-state index in [2.05, 4.69) is 0 Å². The second kappa shape index (κ2) is 3.43. The maximum atomic E-state index is 10.2. The molecule has 0 aromatic heterocycles. The number of rotatable bonds is 4. The highest BCUT2D eigenvalue weighted by Gasteiger charge is 2.31. The predicted octanol–water partition coefficient (Wildman–Crippen LogP) is -1.26. The summed E-state index contributed by atoms with van der Waals surface area (Å²) in [7, 11) is 0. The van der Waals surface area contributed by atoms with E-state index in [0.717, 1.165) is 0 Å². The quantitative estimate of drug-likeness (QED) is 0.486. The van der Waals surface area contributed by atoms with Crippen molar-refractivity contribution in [2.45, 2.75) is 13.0 Å². The van der Waals surface area contributed by atoms with E-state index in [4.69, 9.17) is 10.2 Å². The molecule has 2 N–H and O–H groups in total.